The quantitative estimate of drug-likeness (QED) is 0.636. The van der Waals surface area contributed by atoms with E-state index in [0.717, 1.165) is 6.42 Å². The number of hydrogen-bond donors (Lipinski definition) is 1. The standard InChI is InChI=1S/C14H16INO4/c1-2-20-14(19)11-4-3-7-16(11)13(18)9-5-6-10(15)12(17)8-9/h5-6,8,11,17H,2-4,7H2,1H3. The molecule has 0 aliphatic carbocycles. The number of hydrogen-bond acceptors (Lipinski definition) is 4. The highest BCUT2D eigenvalue weighted by Crippen LogP contribution is 2.25. The third-order valence-electron chi connectivity index (χ3n) is 3.27. The third-order valence-corrected chi connectivity index (χ3v) is 4.18. The number of amides is 1. The van der Waals surface area contributed by atoms with Gasteiger partial charge in [-0.1, -0.05) is 0 Å². The molecule has 1 aliphatic rings. The smallest absolute Gasteiger partial charge is 0.328 e. The van der Waals surface area contributed by atoms with Gasteiger partial charge in [-0.3, -0.25) is 4.79 Å². The second-order valence-corrected chi connectivity index (χ2v) is 5.74. The molecular formula is C14H16INO4. The molecular weight excluding hydrogens is 373 g/mol. The minimum absolute atomic E-state index is 0.0725. The van der Waals surface area contributed by atoms with E-state index >= 15 is 0 Å². The maximum atomic E-state index is 12.4. The van der Waals surface area contributed by atoms with Crippen molar-refractivity contribution in [2.24, 2.45) is 0 Å². The zero-order valence-corrected chi connectivity index (χ0v) is 13.3. The average molecular weight is 389 g/mol. The molecule has 20 heavy (non-hydrogen) atoms. The van der Waals surface area contributed by atoms with Crippen LogP contribution in [0.5, 0.6) is 5.75 Å². The number of aromatic hydroxyl groups is 1. The van der Waals surface area contributed by atoms with Crippen LogP contribution in [0, 0.1) is 3.57 Å². The summed E-state index contributed by atoms with van der Waals surface area (Å²) in [6, 6.07) is 4.26. The van der Waals surface area contributed by atoms with Crippen molar-refractivity contribution in [2.45, 2.75) is 25.8 Å². The first-order valence-electron chi connectivity index (χ1n) is 6.50. The predicted molar refractivity (Wildman–Crippen MR) is 81.5 cm³/mol. The van der Waals surface area contributed by atoms with Crippen LogP contribution in [0.1, 0.15) is 30.1 Å². The van der Waals surface area contributed by atoms with Gasteiger partial charge in [-0.25, -0.2) is 4.79 Å². The molecule has 0 spiro atoms. The molecule has 1 aliphatic heterocycles. The fourth-order valence-corrected chi connectivity index (χ4v) is 2.64. The first-order valence-corrected chi connectivity index (χ1v) is 7.58. The molecule has 0 aromatic heterocycles. The van der Waals surface area contributed by atoms with E-state index < -0.39 is 6.04 Å². The first-order chi connectivity index (χ1) is 9.54. The van der Waals surface area contributed by atoms with Gasteiger partial charge in [0.1, 0.15) is 11.8 Å². The number of phenolic OH excluding ortho intramolecular Hbond substituents is 1. The lowest BCUT2D eigenvalue weighted by molar-refractivity contribution is -0.147. The van der Waals surface area contributed by atoms with E-state index in [1.165, 1.54) is 11.0 Å². The van der Waals surface area contributed by atoms with E-state index in [1.54, 1.807) is 19.1 Å². The van der Waals surface area contributed by atoms with Gasteiger partial charge in [0.05, 0.1) is 10.2 Å². The highest BCUT2D eigenvalue weighted by Gasteiger charge is 2.35. The summed E-state index contributed by atoms with van der Waals surface area (Å²) in [4.78, 5) is 25.8. The van der Waals surface area contributed by atoms with Crippen molar-refractivity contribution in [3.8, 4) is 5.75 Å². The Kier molecular flexibility index (Phi) is 4.85. The molecule has 5 nitrogen and oxygen atoms in total. The van der Waals surface area contributed by atoms with Crippen molar-refractivity contribution in [3.05, 3.63) is 27.3 Å². The van der Waals surface area contributed by atoms with Crippen LogP contribution in [0.15, 0.2) is 18.2 Å². The number of likely N-dealkylation sites (tertiary alicyclic amines) is 1. The lowest BCUT2D eigenvalue weighted by atomic mass is 10.1. The second kappa shape index (κ2) is 6.43. The van der Waals surface area contributed by atoms with E-state index in [0.29, 0.717) is 28.7 Å². The van der Waals surface area contributed by atoms with Crippen molar-refractivity contribution in [1.82, 2.24) is 4.90 Å². The summed E-state index contributed by atoms with van der Waals surface area (Å²) >= 11 is 1.99. The number of halogens is 1. The van der Waals surface area contributed by atoms with E-state index in [1.807, 2.05) is 22.6 Å². The number of benzene rings is 1. The van der Waals surface area contributed by atoms with Crippen molar-refractivity contribution < 1.29 is 19.4 Å². The zero-order chi connectivity index (χ0) is 14.7. The van der Waals surface area contributed by atoms with E-state index in [-0.39, 0.29) is 17.6 Å². The van der Waals surface area contributed by atoms with E-state index in [4.69, 9.17) is 4.74 Å². The Balaban J connectivity index is 2.18. The van der Waals surface area contributed by atoms with Gasteiger partial charge in [0.2, 0.25) is 0 Å². The number of esters is 1. The Morgan fingerprint density at radius 1 is 1.50 bits per heavy atom. The van der Waals surface area contributed by atoms with Gasteiger partial charge in [-0.05, 0) is 60.6 Å². The van der Waals surface area contributed by atoms with E-state index in [9.17, 15) is 14.7 Å². The minimum Gasteiger partial charge on any atom is -0.507 e. The van der Waals surface area contributed by atoms with Crippen LogP contribution in [0.25, 0.3) is 0 Å². The lowest BCUT2D eigenvalue weighted by Gasteiger charge is -2.23. The molecule has 1 amide bonds. The van der Waals surface area contributed by atoms with Crippen LogP contribution < -0.4 is 0 Å². The topological polar surface area (TPSA) is 66.8 Å². The molecule has 0 saturated carbocycles. The molecule has 1 N–H and O–H groups in total. The molecule has 2 rings (SSSR count). The summed E-state index contributed by atoms with van der Waals surface area (Å²) in [5.74, 6) is -0.524. The average Bonchev–Trinajstić information content (AvgIpc) is 2.90. The molecule has 1 aromatic rings. The lowest BCUT2D eigenvalue weighted by Crippen LogP contribution is -2.41. The predicted octanol–water partition coefficient (Wildman–Crippen LogP) is 2.16. The third kappa shape index (κ3) is 3.05. The van der Waals surface area contributed by atoms with Crippen LogP contribution in [0.2, 0.25) is 0 Å². The zero-order valence-electron chi connectivity index (χ0n) is 11.1. The number of ether oxygens (including phenoxy) is 1. The van der Waals surface area contributed by atoms with E-state index in [2.05, 4.69) is 0 Å². The van der Waals surface area contributed by atoms with Crippen molar-refractivity contribution in [3.63, 3.8) is 0 Å². The number of carbonyl (C=O) groups excluding carboxylic acids is 2. The van der Waals surface area contributed by atoms with Gasteiger partial charge in [-0.2, -0.15) is 0 Å². The van der Waals surface area contributed by atoms with Crippen molar-refractivity contribution >= 4 is 34.5 Å². The minimum atomic E-state index is -0.510. The number of phenols is 1. The maximum Gasteiger partial charge on any atom is 0.328 e. The molecule has 6 heteroatoms. The van der Waals surface area contributed by atoms with Crippen LogP contribution in [-0.2, 0) is 9.53 Å². The normalized spacial score (nSPS) is 18.1. The number of carbonyl (C=O) groups is 2. The van der Waals surface area contributed by atoms with Gasteiger partial charge >= 0.3 is 5.97 Å². The Morgan fingerprint density at radius 2 is 2.25 bits per heavy atom. The van der Waals surface area contributed by atoms with Gasteiger partial charge < -0.3 is 14.7 Å². The SMILES string of the molecule is CCOC(=O)C1CCCN1C(=O)c1ccc(I)c(O)c1. The van der Waals surface area contributed by atoms with Gasteiger partial charge in [0.25, 0.3) is 5.91 Å². The fraction of sp³-hybridized carbons (Fsp3) is 0.429. The Hall–Kier alpha value is -1.31. The van der Waals surface area contributed by atoms with Gasteiger partial charge in [0, 0.05) is 12.1 Å². The summed E-state index contributed by atoms with van der Waals surface area (Å²) < 4.78 is 5.68. The Bertz CT molecular complexity index is 532. The second-order valence-electron chi connectivity index (χ2n) is 4.57. The molecule has 0 radical (unpaired) electrons. The van der Waals surface area contributed by atoms with Crippen LogP contribution >= 0.6 is 22.6 Å². The van der Waals surface area contributed by atoms with Crippen LogP contribution in [0.3, 0.4) is 0 Å². The monoisotopic (exact) mass is 389 g/mol. The Morgan fingerprint density at radius 3 is 2.90 bits per heavy atom. The van der Waals surface area contributed by atoms with Gasteiger partial charge in [0.15, 0.2) is 0 Å². The molecule has 1 heterocycles. The summed E-state index contributed by atoms with van der Waals surface area (Å²) in [5, 5.41) is 9.68. The fourth-order valence-electron chi connectivity index (χ4n) is 2.30. The van der Waals surface area contributed by atoms with Crippen LogP contribution in [0.4, 0.5) is 0 Å². The molecule has 1 unspecified atom stereocenters. The summed E-state index contributed by atoms with van der Waals surface area (Å²) in [5.41, 5.74) is 0.388. The summed E-state index contributed by atoms with van der Waals surface area (Å²) in [6.07, 6.45) is 1.41. The highest BCUT2D eigenvalue weighted by molar-refractivity contribution is 14.1. The number of nitrogens with zero attached hydrogens (tertiary/aromatic N) is 1. The molecule has 0 bridgehead atoms. The summed E-state index contributed by atoms with van der Waals surface area (Å²) in [6.45, 7) is 2.59. The number of rotatable bonds is 3. The first kappa shape index (κ1) is 15.1. The van der Waals surface area contributed by atoms with Crippen molar-refractivity contribution in [1.29, 1.82) is 0 Å². The van der Waals surface area contributed by atoms with Gasteiger partial charge in [-0.15, -0.1) is 0 Å². The molecule has 1 saturated heterocycles. The Labute approximate surface area is 131 Å². The maximum absolute atomic E-state index is 12.4. The highest BCUT2D eigenvalue weighted by atomic mass is 127. The molecule has 1 fully saturated rings. The largest absolute Gasteiger partial charge is 0.507 e. The molecule has 108 valence electrons. The molecule has 1 atom stereocenters. The van der Waals surface area contributed by atoms with Crippen molar-refractivity contribution in [2.75, 3.05) is 13.2 Å². The van der Waals surface area contributed by atoms with Crippen LogP contribution in [-0.4, -0.2) is 41.1 Å². The molecule has 1 aromatic carbocycles. The summed E-state index contributed by atoms with van der Waals surface area (Å²) in [7, 11) is 0.